The van der Waals surface area contributed by atoms with Gasteiger partial charge in [0.15, 0.2) is 9.84 Å². The summed E-state index contributed by atoms with van der Waals surface area (Å²) in [7, 11) is -3.14. The smallest absolute Gasteiger partial charge is 0.154 e. The van der Waals surface area contributed by atoms with E-state index in [0.29, 0.717) is 0 Å². The SMILES string of the molecule is CC(C)S(=O)(=O)CC(N)c1cccc2ccccc12. The Bertz CT molecular complexity index is 672. The van der Waals surface area contributed by atoms with Crippen LogP contribution in [0.4, 0.5) is 0 Å². The van der Waals surface area contributed by atoms with Crippen LogP contribution >= 0.6 is 0 Å². The largest absolute Gasteiger partial charge is 0.323 e. The van der Waals surface area contributed by atoms with E-state index >= 15 is 0 Å². The van der Waals surface area contributed by atoms with E-state index in [1.807, 2.05) is 42.5 Å². The lowest BCUT2D eigenvalue weighted by atomic mass is 10.0. The molecule has 2 N–H and O–H groups in total. The Morgan fingerprint density at radius 2 is 1.68 bits per heavy atom. The highest BCUT2D eigenvalue weighted by Gasteiger charge is 2.22. The van der Waals surface area contributed by atoms with E-state index in [9.17, 15) is 8.42 Å². The van der Waals surface area contributed by atoms with Crippen LogP contribution in [0.25, 0.3) is 10.8 Å². The van der Waals surface area contributed by atoms with Gasteiger partial charge in [0.05, 0.1) is 11.0 Å². The van der Waals surface area contributed by atoms with E-state index in [4.69, 9.17) is 5.73 Å². The second kappa shape index (κ2) is 5.31. The monoisotopic (exact) mass is 277 g/mol. The van der Waals surface area contributed by atoms with Crippen molar-refractivity contribution in [2.45, 2.75) is 25.1 Å². The zero-order chi connectivity index (χ0) is 14.0. The van der Waals surface area contributed by atoms with Crippen molar-refractivity contribution in [3.63, 3.8) is 0 Å². The molecule has 0 aliphatic carbocycles. The number of nitrogens with two attached hydrogens (primary N) is 1. The molecular formula is C15H19NO2S. The van der Waals surface area contributed by atoms with Crippen LogP contribution in [0.3, 0.4) is 0 Å². The van der Waals surface area contributed by atoms with Gasteiger partial charge in [-0.1, -0.05) is 42.5 Å². The summed E-state index contributed by atoms with van der Waals surface area (Å²) in [4.78, 5) is 0. The van der Waals surface area contributed by atoms with Crippen LogP contribution in [0.1, 0.15) is 25.5 Å². The van der Waals surface area contributed by atoms with Gasteiger partial charge < -0.3 is 5.73 Å². The van der Waals surface area contributed by atoms with Crippen molar-refractivity contribution in [1.82, 2.24) is 0 Å². The van der Waals surface area contributed by atoms with Gasteiger partial charge in [0, 0.05) is 6.04 Å². The van der Waals surface area contributed by atoms with E-state index in [2.05, 4.69) is 0 Å². The average molecular weight is 277 g/mol. The van der Waals surface area contributed by atoms with Gasteiger partial charge in [0.2, 0.25) is 0 Å². The van der Waals surface area contributed by atoms with Crippen LogP contribution in [0, 0.1) is 0 Å². The molecule has 0 aromatic heterocycles. The molecular weight excluding hydrogens is 258 g/mol. The highest BCUT2D eigenvalue weighted by atomic mass is 32.2. The molecule has 0 spiro atoms. The first-order valence-electron chi connectivity index (χ1n) is 6.36. The molecule has 0 aliphatic heterocycles. The number of rotatable bonds is 4. The van der Waals surface area contributed by atoms with Crippen LogP contribution < -0.4 is 5.73 Å². The maximum Gasteiger partial charge on any atom is 0.154 e. The molecule has 0 fully saturated rings. The van der Waals surface area contributed by atoms with Crippen molar-refractivity contribution in [1.29, 1.82) is 0 Å². The van der Waals surface area contributed by atoms with Gasteiger partial charge in [-0.15, -0.1) is 0 Å². The van der Waals surface area contributed by atoms with Crippen molar-refractivity contribution in [3.05, 3.63) is 48.0 Å². The van der Waals surface area contributed by atoms with E-state index in [1.54, 1.807) is 13.8 Å². The predicted octanol–water partition coefficient (Wildman–Crippen LogP) is 2.66. The fourth-order valence-electron chi connectivity index (χ4n) is 2.11. The molecule has 19 heavy (non-hydrogen) atoms. The zero-order valence-corrected chi connectivity index (χ0v) is 12.0. The summed E-state index contributed by atoms with van der Waals surface area (Å²) < 4.78 is 23.9. The van der Waals surface area contributed by atoms with Gasteiger partial charge in [-0.3, -0.25) is 0 Å². The molecule has 0 saturated carbocycles. The number of hydrogen-bond acceptors (Lipinski definition) is 3. The summed E-state index contributed by atoms with van der Waals surface area (Å²) in [5, 5.41) is 1.71. The molecule has 2 aromatic rings. The van der Waals surface area contributed by atoms with Crippen molar-refractivity contribution in [3.8, 4) is 0 Å². The highest BCUT2D eigenvalue weighted by Crippen LogP contribution is 2.24. The lowest BCUT2D eigenvalue weighted by molar-refractivity contribution is 0.580. The molecule has 1 atom stereocenters. The summed E-state index contributed by atoms with van der Waals surface area (Å²) in [6, 6.07) is 13.2. The number of fused-ring (bicyclic) bond motifs is 1. The third-order valence-electron chi connectivity index (χ3n) is 3.35. The Balaban J connectivity index is 2.40. The van der Waals surface area contributed by atoms with E-state index in [-0.39, 0.29) is 5.75 Å². The third kappa shape index (κ3) is 2.96. The molecule has 2 aromatic carbocycles. The number of hydrogen-bond donors (Lipinski definition) is 1. The van der Waals surface area contributed by atoms with E-state index in [1.165, 1.54) is 0 Å². The molecule has 4 heteroatoms. The first-order valence-corrected chi connectivity index (χ1v) is 8.08. The van der Waals surface area contributed by atoms with Crippen LogP contribution in [-0.4, -0.2) is 19.4 Å². The third-order valence-corrected chi connectivity index (χ3v) is 5.61. The standard InChI is InChI=1S/C15H19NO2S/c1-11(2)19(17,18)10-15(16)14-9-5-7-12-6-3-4-8-13(12)14/h3-9,11,15H,10,16H2,1-2H3. The maximum atomic E-state index is 12.0. The zero-order valence-electron chi connectivity index (χ0n) is 11.2. The van der Waals surface area contributed by atoms with Crippen LogP contribution in [-0.2, 0) is 9.84 Å². The molecule has 0 aliphatic rings. The predicted molar refractivity (Wildman–Crippen MR) is 79.8 cm³/mol. The average Bonchev–Trinajstić information content (AvgIpc) is 2.37. The molecule has 102 valence electrons. The van der Waals surface area contributed by atoms with Gasteiger partial charge in [0.1, 0.15) is 0 Å². The molecule has 0 bridgehead atoms. The fraction of sp³-hybridized carbons (Fsp3) is 0.333. The Morgan fingerprint density at radius 3 is 2.37 bits per heavy atom. The Labute approximate surface area is 114 Å². The maximum absolute atomic E-state index is 12.0. The highest BCUT2D eigenvalue weighted by molar-refractivity contribution is 7.92. The van der Waals surface area contributed by atoms with Crippen LogP contribution in [0.5, 0.6) is 0 Å². The lowest BCUT2D eigenvalue weighted by Crippen LogP contribution is -2.27. The minimum absolute atomic E-state index is 0.0152. The Morgan fingerprint density at radius 1 is 1.05 bits per heavy atom. The van der Waals surface area contributed by atoms with Gasteiger partial charge in [0.25, 0.3) is 0 Å². The molecule has 2 rings (SSSR count). The second-order valence-corrected chi connectivity index (χ2v) is 7.66. The normalized spacial score (nSPS) is 13.9. The Hall–Kier alpha value is -1.39. The summed E-state index contributed by atoms with van der Waals surface area (Å²) in [6.45, 7) is 3.37. The van der Waals surface area contributed by atoms with Gasteiger partial charge in [-0.25, -0.2) is 8.42 Å². The molecule has 0 radical (unpaired) electrons. The summed E-state index contributed by atoms with van der Waals surface area (Å²) in [5.41, 5.74) is 7.00. The summed E-state index contributed by atoms with van der Waals surface area (Å²) in [6.07, 6.45) is 0. The topological polar surface area (TPSA) is 60.2 Å². The van der Waals surface area contributed by atoms with Gasteiger partial charge in [-0.2, -0.15) is 0 Å². The van der Waals surface area contributed by atoms with Gasteiger partial charge in [-0.05, 0) is 30.2 Å². The first-order chi connectivity index (χ1) is 8.92. The molecule has 0 saturated heterocycles. The van der Waals surface area contributed by atoms with Crippen molar-refractivity contribution in [2.75, 3.05) is 5.75 Å². The van der Waals surface area contributed by atoms with Crippen molar-refractivity contribution in [2.24, 2.45) is 5.73 Å². The number of benzene rings is 2. The van der Waals surface area contributed by atoms with Crippen LogP contribution in [0.15, 0.2) is 42.5 Å². The van der Waals surface area contributed by atoms with Crippen molar-refractivity contribution < 1.29 is 8.42 Å². The quantitative estimate of drug-likeness (QED) is 0.934. The molecule has 0 heterocycles. The number of sulfone groups is 1. The molecule has 3 nitrogen and oxygen atoms in total. The lowest BCUT2D eigenvalue weighted by Gasteiger charge is -2.16. The Kier molecular flexibility index (Phi) is 3.92. The van der Waals surface area contributed by atoms with E-state index in [0.717, 1.165) is 16.3 Å². The molecule has 1 unspecified atom stereocenters. The van der Waals surface area contributed by atoms with Crippen LogP contribution in [0.2, 0.25) is 0 Å². The minimum atomic E-state index is -3.14. The fourth-order valence-corrected chi connectivity index (χ4v) is 3.17. The van der Waals surface area contributed by atoms with E-state index < -0.39 is 21.1 Å². The van der Waals surface area contributed by atoms with Gasteiger partial charge >= 0.3 is 0 Å². The first kappa shape index (κ1) is 14.0. The minimum Gasteiger partial charge on any atom is -0.323 e. The summed E-state index contributed by atoms with van der Waals surface area (Å²) in [5.74, 6) is -0.0152. The van der Waals surface area contributed by atoms with Crippen molar-refractivity contribution >= 4 is 20.6 Å². The second-order valence-electron chi connectivity index (χ2n) is 5.05. The molecule has 0 amide bonds. The summed E-state index contributed by atoms with van der Waals surface area (Å²) >= 11 is 0.